The third-order valence-electron chi connectivity index (χ3n) is 5.54. The number of guanidine groups is 1. The number of aliphatic imine (C=N–C) groups is 1. The van der Waals surface area contributed by atoms with Crippen LogP contribution in [0.4, 0.5) is 0 Å². The molecule has 144 valence electrons. The van der Waals surface area contributed by atoms with Gasteiger partial charge in [-0.25, -0.2) is 0 Å². The Morgan fingerprint density at radius 3 is 2.69 bits per heavy atom. The van der Waals surface area contributed by atoms with Gasteiger partial charge in [0.15, 0.2) is 5.96 Å². The van der Waals surface area contributed by atoms with Crippen molar-refractivity contribution in [2.75, 3.05) is 33.4 Å². The van der Waals surface area contributed by atoms with Crippen LogP contribution in [0, 0.1) is 12.8 Å². The van der Waals surface area contributed by atoms with Gasteiger partial charge < -0.3 is 20.1 Å². The minimum Gasteiger partial charge on any atom is -0.373 e. The molecule has 5 heteroatoms. The average molecular weight is 360 g/mol. The van der Waals surface area contributed by atoms with Gasteiger partial charge in [-0.3, -0.25) is 4.99 Å². The molecule has 0 bridgehead atoms. The van der Waals surface area contributed by atoms with Gasteiger partial charge in [0.2, 0.25) is 0 Å². The number of hydrogen-bond donors (Lipinski definition) is 2. The maximum absolute atomic E-state index is 6.12. The molecule has 26 heavy (non-hydrogen) atoms. The first kappa shape index (κ1) is 19.2. The van der Waals surface area contributed by atoms with Gasteiger partial charge in [0.25, 0.3) is 0 Å². The second kappa shape index (κ2) is 8.87. The molecule has 2 aliphatic heterocycles. The van der Waals surface area contributed by atoms with E-state index in [1.54, 1.807) is 0 Å². The van der Waals surface area contributed by atoms with Crippen LogP contribution < -0.4 is 10.6 Å². The standard InChI is InChI=1S/C21H33N3O2/c1-16-7-9-17(10-8-16)19-18(6-4-12-25-19)14-23-20(22-3)24-15-21(2)11-5-13-26-21/h7-10,18-19H,4-6,11-15H2,1-3H3,(H2,22,23,24). The second-order valence-corrected chi connectivity index (χ2v) is 7.81. The predicted octanol–water partition coefficient (Wildman–Crippen LogP) is 3.20. The van der Waals surface area contributed by atoms with E-state index in [1.165, 1.54) is 17.5 Å². The number of ether oxygens (including phenoxy) is 2. The van der Waals surface area contributed by atoms with Crippen molar-refractivity contribution < 1.29 is 9.47 Å². The summed E-state index contributed by atoms with van der Waals surface area (Å²) in [5.74, 6) is 1.29. The van der Waals surface area contributed by atoms with E-state index in [-0.39, 0.29) is 11.7 Å². The van der Waals surface area contributed by atoms with Crippen molar-refractivity contribution in [1.82, 2.24) is 10.6 Å². The van der Waals surface area contributed by atoms with E-state index in [0.29, 0.717) is 5.92 Å². The number of hydrogen-bond acceptors (Lipinski definition) is 3. The lowest BCUT2D eigenvalue weighted by Crippen LogP contribution is -2.47. The van der Waals surface area contributed by atoms with Crippen molar-refractivity contribution in [3.8, 4) is 0 Å². The second-order valence-electron chi connectivity index (χ2n) is 7.81. The van der Waals surface area contributed by atoms with E-state index in [4.69, 9.17) is 9.47 Å². The Morgan fingerprint density at radius 2 is 2.00 bits per heavy atom. The molecular weight excluding hydrogens is 326 g/mol. The van der Waals surface area contributed by atoms with E-state index in [0.717, 1.165) is 51.5 Å². The van der Waals surface area contributed by atoms with Gasteiger partial charge in [0.1, 0.15) is 0 Å². The number of aryl methyl sites for hydroxylation is 1. The highest BCUT2D eigenvalue weighted by molar-refractivity contribution is 5.79. The van der Waals surface area contributed by atoms with Crippen LogP contribution in [-0.4, -0.2) is 44.9 Å². The summed E-state index contributed by atoms with van der Waals surface area (Å²) in [6.45, 7) is 7.64. The largest absolute Gasteiger partial charge is 0.373 e. The Hall–Kier alpha value is -1.59. The van der Waals surface area contributed by atoms with Gasteiger partial charge in [0.05, 0.1) is 11.7 Å². The molecule has 0 spiro atoms. The third kappa shape index (κ3) is 4.98. The van der Waals surface area contributed by atoms with Crippen LogP contribution in [-0.2, 0) is 9.47 Å². The van der Waals surface area contributed by atoms with Gasteiger partial charge >= 0.3 is 0 Å². The zero-order chi connectivity index (χ0) is 18.4. The monoisotopic (exact) mass is 359 g/mol. The Morgan fingerprint density at radius 1 is 1.19 bits per heavy atom. The van der Waals surface area contributed by atoms with Crippen molar-refractivity contribution in [3.05, 3.63) is 35.4 Å². The number of nitrogens with one attached hydrogen (secondary N) is 2. The molecular formula is C21H33N3O2. The first-order valence-corrected chi connectivity index (χ1v) is 9.86. The zero-order valence-electron chi connectivity index (χ0n) is 16.4. The molecule has 0 aromatic heterocycles. The van der Waals surface area contributed by atoms with E-state index in [1.807, 2.05) is 7.05 Å². The first-order chi connectivity index (χ1) is 12.6. The Balaban J connectivity index is 1.54. The molecule has 2 aliphatic rings. The SMILES string of the molecule is CN=C(NCC1CCCOC1c1ccc(C)cc1)NCC1(C)CCCO1. The molecule has 2 saturated heterocycles. The van der Waals surface area contributed by atoms with Gasteiger partial charge in [-0.2, -0.15) is 0 Å². The summed E-state index contributed by atoms with van der Waals surface area (Å²) in [6, 6.07) is 8.73. The summed E-state index contributed by atoms with van der Waals surface area (Å²) >= 11 is 0. The zero-order valence-corrected chi connectivity index (χ0v) is 16.4. The molecule has 0 amide bonds. The molecule has 0 radical (unpaired) electrons. The minimum atomic E-state index is -0.0734. The van der Waals surface area contributed by atoms with Gasteiger partial charge in [-0.1, -0.05) is 29.8 Å². The van der Waals surface area contributed by atoms with Crippen LogP contribution in [0.1, 0.15) is 49.8 Å². The Kier molecular flexibility index (Phi) is 6.54. The molecule has 1 aromatic rings. The quantitative estimate of drug-likeness (QED) is 0.626. The fourth-order valence-electron chi connectivity index (χ4n) is 3.87. The predicted molar refractivity (Wildman–Crippen MR) is 106 cm³/mol. The van der Waals surface area contributed by atoms with Gasteiger partial charge in [-0.15, -0.1) is 0 Å². The van der Waals surface area contributed by atoms with Crippen LogP contribution in [0.2, 0.25) is 0 Å². The molecule has 3 unspecified atom stereocenters. The van der Waals surface area contributed by atoms with E-state index in [2.05, 4.69) is 53.7 Å². The van der Waals surface area contributed by atoms with Crippen molar-refractivity contribution in [2.24, 2.45) is 10.9 Å². The molecule has 3 atom stereocenters. The van der Waals surface area contributed by atoms with Crippen molar-refractivity contribution >= 4 is 5.96 Å². The molecule has 0 saturated carbocycles. The van der Waals surface area contributed by atoms with E-state index < -0.39 is 0 Å². The van der Waals surface area contributed by atoms with Gasteiger partial charge in [-0.05, 0) is 45.1 Å². The molecule has 2 heterocycles. The number of nitrogens with zero attached hydrogens (tertiary/aromatic N) is 1. The average Bonchev–Trinajstić information content (AvgIpc) is 3.10. The van der Waals surface area contributed by atoms with Crippen molar-refractivity contribution in [2.45, 2.75) is 51.2 Å². The summed E-state index contributed by atoms with van der Waals surface area (Å²) < 4.78 is 12.0. The lowest BCUT2D eigenvalue weighted by atomic mass is 9.89. The normalized spacial score (nSPS) is 29.6. The van der Waals surface area contributed by atoms with Crippen LogP contribution in [0.3, 0.4) is 0 Å². The summed E-state index contributed by atoms with van der Waals surface area (Å²) in [4.78, 5) is 4.37. The molecule has 2 N–H and O–H groups in total. The highest BCUT2D eigenvalue weighted by Gasteiger charge is 2.30. The van der Waals surface area contributed by atoms with E-state index in [9.17, 15) is 0 Å². The smallest absolute Gasteiger partial charge is 0.191 e. The minimum absolute atomic E-state index is 0.0734. The van der Waals surface area contributed by atoms with E-state index >= 15 is 0 Å². The van der Waals surface area contributed by atoms with Crippen molar-refractivity contribution in [3.63, 3.8) is 0 Å². The fraction of sp³-hybridized carbons (Fsp3) is 0.667. The Bertz CT molecular complexity index is 594. The summed E-state index contributed by atoms with van der Waals surface area (Å²) in [5.41, 5.74) is 2.49. The van der Waals surface area contributed by atoms with Crippen LogP contribution >= 0.6 is 0 Å². The lowest BCUT2D eigenvalue weighted by molar-refractivity contribution is -0.0266. The maximum Gasteiger partial charge on any atom is 0.191 e. The number of rotatable bonds is 5. The molecule has 1 aromatic carbocycles. The van der Waals surface area contributed by atoms with Crippen LogP contribution in [0.15, 0.2) is 29.3 Å². The molecule has 2 fully saturated rings. The summed E-state index contributed by atoms with van der Waals surface area (Å²) in [7, 11) is 1.82. The van der Waals surface area contributed by atoms with Crippen molar-refractivity contribution in [1.29, 1.82) is 0 Å². The first-order valence-electron chi connectivity index (χ1n) is 9.86. The fourth-order valence-corrected chi connectivity index (χ4v) is 3.87. The molecule has 3 rings (SSSR count). The molecule has 0 aliphatic carbocycles. The highest BCUT2D eigenvalue weighted by Crippen LogP contribution is 2.33. The third-order valence-corrected chi connectivity index (χ3v) is 5.54. The lowest BCUT2D eigenvalue weighted by Gasteiger charge is -2.33. The van der Waals surface area contributed by atoms with Gasteiger partial charge in [0, 0.05) is 39.3 Å². The Labute approximate surface area is 157 Å². The summed E-state index contributed by atoms with van der Waals surface area (Å²) in [6.07, 6.45) is 4.69. The topological polar surface area (TPSA) is 54.9 Å². The molecule has 5 nitrogen and oxygen atoms in total. The summed E-state index contributed by atoms with van der Waals surface area (Å²) in [5, 5.41) is 6.92. The van der Waals surface area contributed by atoms with Crippen LogP contribution in [0.25, 0.3) is 0 Å². The highest BCUT2D eigenvalue weighted by atomic mass is 16.5. The maximum atomic E-state index is 6.12. The van der Waals surface area contributed by atoms with Crippen LogP contribution in [0.5, 0.6) is 0 Å². The number of benzene rings is 1.